The van der Waals surface area contributed by atoms with Gasteiger partial charge >= 0.3 is 5.63 Å². The second-order valence-corrected chi connectivity index (χ2v) is 7.45. The molecule has 0 bridgehead atoms. The molecule has 0 spiro atoms. The van der Waals surface area contributed by atoms with Crippen LogP contribution >= 0.6 is 11.6 Å². The monoisotopic (exact) mass is 420 g/mol. The number of hydrazone groups is 1. The molecule has 4 aromatic rings. The van der Waals surface area contributed by atoms with Crippen molar-refractivity contribution in [2.45, 2.75) is 19.4 Å². The molecule has 0 radical (unpaired) electrons. The molecular weight excluding hydrogens is 404 g/mol. The SMILES string of the molecule is Cc1nn(-c2ccccc2)c(Cl)c1C1CC(c2c(O)c3ccccc3oc2=O)=NN1. The number of aromatic nitrogens is 2. The number of para-hydroxylation sites is 2. The first-order valence-corrected chi connectivity index (χ1v) is 9.80. The van der Waals surface area contributed by atoms with Gasteiger partial charge in [0.25, 0.3) is 0 Å². The average Bonchev–Trinajstić information content (AvgIpc) is 3.32. The molecule has 150 valence electrons. The lowest BCUT2D eigenvalue weighted by molar-refractivity contribution is 0.466. The van der Waals surface area contributed by atoms with Crippen molar-refractivity contribution in [3.05, 3.63) is 87.0 Å². The van der Waals surface area contributed by atoms with Gasteiger partial charge in [0.05, 0.1) is 28.5 Å². The van der Waals surface area contributed by atoms with Gasteiger partial charge < -0.3 is 14.9 Å². The number of rotatable bonds is 3. The molecule has 2 aromatic carbocycles. The van der Waals surface area contributed by atoms with E-state index >= 15 is 0 Å². The minimum absolute atomic E-state index is 0.0629. The summed E-state index contributed by atoms with van der Waals surface area (Å²) in [5.74, 6) is -0.133. The molecule has 1 unspecified atom stereocenters. The molecule has 0 aliphatic carbocycles. The zero-order valence-electron chi connectivity index (χ0n) is 16.0. The third-order valence-electron chi connectivity index (χ3n) is 5.22. The predicted molar refractivity (Wildman–Crippen MR) is 114 cm³/mol. The minimum Gasteiger partial charge on any atom is -0.506 e. The molecular formula is C22H17ClN4O3. The lowest BCUT2D eigenvalue weighted by atomic mass is 9.99. The van der Waals surface area contributed by atoms with Crippen LogP contribution in [0.3, 0.4) is 0 Å². The maximum Gasteiger partial charge on any atom is 0.349 e. The first-order chi connectivity index (χ1) is 14.5. The molecule has 1 aliphatic heterocycles. The van der Waals surface area contributed by atoms with Crippen LogP contribution in [0.15, 0.2) is 68.9 Å². The van der Waals surface area contributed by atoms with E-state index in [0.29, 0.717) is 28.3 Å². The van der Waals surface area contributed by atoms with Gasteiger partial charge in [0.1, 0.15) is 22.0 Å². The Balaban J connectivity index is 1.51. The highest BCUT2D eigenvalue weighted by Gasteiger charge is 2.31. The molecule has 7 nitrogen and oxygen atoms in total. The molecule has 1 atom stereocenters. The summed E-state index contributed by atoms with van der Waals surface area (Å²) in [6.45, 7) is 1.88. The Kier molecular flexibility index (Phi) is 4.33. The Morgan fingerprint density at radius 1 is 1.17 bits per heavy atom. The number of fused-ring (bicyclic) bond motifs is 1. The number of halogens is 1. The van der Waals surface area contributed by atoms with E-state index in [9.17, 15) is 9.90 Å². The molecule has 1 aliphatic rings. The summed E-state index contributed by atoms with van der Waals surface area (Å²) >= 11 is 6.66. The molecule has 2 aromatic heterocycles. The van der Waals surface area contributed by atoms with Crippen molar-refractivity contribution in [1.82, 2.24) is 15.2 Å². The van der Waals surface area contributed by atoms with Gasteiger partial charge in [-0.15, -0.1) is 0 Å². The normalized spacial score (nSPS) is 15.9. The van der Waals surface area contributed by atoms with E-state index in [0.717, 1.165) is 16.9 Å². The fraction of sp³-hybridized carbons (Fsp3) is 0.136. The third kappa shape index (κ3) is 2.86. The van der Waals surface area contributed by atoms with E-state index in [1.54, 1.807) is 28.9 Å². The van der Waals surface area contributed by atoms with Crippen molar-refractivity contribution in [2.24, 2.45) is 5.10 Å². The van der Waals surface area contributed by atoms with Crippen molar-refractivity contribution in [1.29, 1.82) is 0 Å². The van der Waals surface area contributed by atoms with Crippen molar-refractivity contribution >= 4 is 28.3 Å². The highest BCUT2D eigenvalue weighted by molar-refractivity contribution is 6.30. The molecule has 3 heterocycles. The fourth-order valence-corrected chi connectivity index (χ4v) is 4.20. The van der Waals surface area contributed by atoms with Gasteiger partial charge in [-0.1, -0.05) is 41.9 Å². The van der Waals surface area contributed by atoms with Crippen LogP contribution in [-0.2, 0) is 0 Å². The molecule has 0 saturated heterocycles. The summed E-state index contributed by atoms with van der Waals surface area (Å²) in [5.41, 5.74) is 5.61. The maximum atomic E-state index is 12.5. The highest BCUT2D eigenvalue weighted by atomic mass is 35.5. The lowest BCUT2D eigenvalue weighted by Crippen LogP contribution is -2.15. The Morgan fingerprint density at radius 3 is 2.70 bits per heavy atom. The Morgan fingerprint density at radius 2 is 1.90 bits per heavy atom. The van der Waals surface area contributed by atoms with Crippen LogP contribution in [0.4, 0.5) is 0 Å². The lowest BCUT2D eigenvalue weighted by Gasteiger charge is -2.10. The second kappa shape index (κ2) is 7.03. The number of benzene rings is 2. The van der Waals surface area contributed by atoms with Crippen molar-refractivity contribution < 1.29 is 9.52 Å². The second-order valence-electron chi connectivity index (χ2n) is 7.09. The maximum absolute atomic E-state index is 12.5. The number of nitrogens with zero attached hydrogens (tertiary/aromatic N) is 3. The summed E-state index contributed by atoms with van der Waals surface area (Å²) < 4.78 is 7.04. The van der Waals surface area contributed by atoms with Crippen LogP contribution in [0.25, 0.3) is 16.7 Å². The summed E-state index contributed by atoms with van der Waals surface area (Å²) in [6, 6.07) is 16.2. The van der Waals surface area contributed by atoms with Gasteiger partial charge in [-0.3, -0.25) is 0 Å². The molecule has 2 N–H and O–H groups in total. The molecule has 30 heavy (non-hydrogen) atoms. The zero-order valence-corrected chi connectivity index (χ0v) is 16.7. The van der Waals surface area contributed by atoms with Gasteiger partial charge in [-0.25, -0.2) is 9.48 Å². The van der Waals surface area contributed by atoms with E-state index in [-0.39, 0.29) is 17.4 Å². The van der Waals surface area contributed by atoms with Crippen molar-refractivity contribution in [2.75, 3.05) is 0 Å². The molecule has 8 heteroatoms. The fourth-order valence-electron chi connectivity index (χ4n) is 3.80. The first-order valence-electron chi connectivity index (χ1n) is 9.42. The number of nitrogens with one attached hydrogen (secondary N) is 1. The van der Waals surface area contributed by atoms with E-state index in [1.165, 1.54) is 0 Å². The van der Waals surface area contributed by atoms with Gasteiger partial charge in [-0.2, -0.15) is 10.2 Å². The highest BCUT2D eigenvalue weighted by Crippen LogP contribution is 2.35. The van der Waals surface area contributed by atoms with Gasteiger partial charge in [0.2, 0.25) is 0 Å². The molecule has 0 fully saturated rings. The summed E-state index contributed by atoms with van der Waals surface area (Å²) in [5, 5.41) is 20.5. The number of aryl methyl sites for hydroxylation is 1. The van der Waals surface area contributed by atoms with Crippen LogP contribution in [0.1, 0.15) is 29.3 Å². The van der Waals surface area contributed by atoms with Gasteiger partial charge in [0, 0.05) is 12.0 Å². The quantitative estimate of drug-likeness (QED) is 0.487. The smallest absolute Gasteiger partial charge is 0.349 e. The molecule has 0 saturated carbocycles. The topological polar surface area (TPSA) is 92.6 Å². The van der Waals surface area contributed by atoms with Crippen molar-refractivity contribution in [3.8, 4) is 11.4 Å². The summed E-state index contributed by atoms with van der Waals surface area (Å²) in [6.07, 6.45) is 0.359. The first kappa shape index (κ1) is 18.4. The summed E-state index contributed by atoms with van der Waals surface area (Å²) in [4.78, 5) is 12.5. The summed E-state index contributed by atoms with van der Waals surface area (Å²) in [7, 11) is 0. The number of hydrogen-bond donors (Lipinski definition) is 2. The van der Waals surface area contributed by atoms with Crippen LogP contribution in [0.2, 0.25) is 5.15 Å². The standard InChI is InChI=1S/C22H17ClN4O3/c1-12-18(21(23)27(26-12)13-7-3-2-4-8-13)15-11-16(25-24-15)19-20(28)14-9-5-6-10-17(14)30-22(19)29/h2-10,15,24,28H,11H2,1H3. The average molecular weight is 421 g/mol. The Bertz CT molecular complexity index is 1360. The van der Waals surface area contributed by atoms with Gasteiger partial charge in [-0.05, 0) is 31.2 Å². The number of aromatic hydroxyl groups is 1. The van der Waals surface area contributed by atoms with E-state index in [4.69, 9.17) is 16.0 Å². The Labute approximate surface area is 176 Å². The van der Waals surface area contributed by atoms with Crippen LogP contribution < -0.4 is 11.1 Å². The molecule has 5 rings (SSSR count). The Hall–Kier alpha value is -3.58. The molecule has 0 amide bonds. The zero-order chi connectivity index (χ0) is 20.8. The predicted octanol–water partition coefficient (Wildman–Crippen LogP) is 4.08. The van der Waals surface area contributed by atoms with Gasteiger partial charge in [0.15, 0.2) is 0 Å². The minimum atomic E-state index is -0.629. The van der Waals surface area contributed by atoms with E-state index < -0.39 is 5.63 Å². The number of hydrogen-bond acceptors (Lipinski definition) is 6. The third-order valence-corrected chi connectivity index (χ3v) is 5.59. The van der Waals surface area contributed by atoms with E-state index in [2.05, 4.69) is 15.6 Å². The van der Waals surface area contributed by atoms with Crippen LogP contribution in [-0.4, -0.2) is 20.6 Å². The van der Waals surface area contributed by atoms with Crippen molar-refractivity contribution in [3.63, 3.8) is 0 Å². The van der Waals surface area contributed by atoms with Crippen LogP contribution in [0, 0.1) is 6.92 Å². The van der Waals surface area contributed by atoms with E-state index in [1.807, 2.05) is 37.3 Å². The van der Waals surface area contributed by atoms with Crippen LogP contribution in [0.5, 0.6) is 5.75 Å². The largest absolute Gasteiger partial charge is 0.506 e.